The van der Waals surface area contributed by atoms with E-state index in [2.05, 4.69) is 20.9 Å². The van der Waals surface area contributed by atoms with Crippen molar-refractivity contribution in [1.82, 2.24) is 4.98 Å². The van der Waals surface area contributed by atoms with Crippen molar-refractivity contribution in [3.05, 3.63) is 50.8 Å². The molecule has 0 aliphatic rings. The van der Waals surface area contributed by atoms with Crippen LogP contribution >= 0.6 is 27.5 Å². The largest absolute Gasteiger partial charge is 0.437 e. The number of hydrogen-bond donors (Lipinski definition) is 2. The summed E-state index contributed by atoms with van der Waals surface area (Å²) in [4.78, 5) is 4.03. The lowest BCUT2D eigenvalue weighted by molar-refractivity contribution is 0.453. The Morgan fingerprint density at radius 3 is 2.85 bits per heavy atom. The second-order valence-corrected chi connectivity index (χ2v) is 5.28. The number of ether oxygens (including phenoxy) is 1. The first-order chi connectivity index (χ1) is 9.40. The van der Waals surface area contributed by atoms with Crippen LogP contribution in [0, 0.1) is 18.2 Å². The van der Waals surface area contributed by atoms with Gasteiger partial charge in [-0.1, -0.05) is 11.6 Å². The van der Waals surface area contributed by atoms with Gasteiger partial charge in [-0.2, -0.15) is 0 Å². The lowest BCUT2D eigenvalue weighted by Crippen LogP contribution is -2.15. The molecule has 0 unspecified atom stereocenters. The molecule has 2 aromatic rings. The third-order valence-corrected chi connectivity index (χ3v) is 3.48. The molecule has 3 N–H and O–H groups in total. The molecule has 1 aromatic carbocycles. The molecular weight excluding hydrogens is 349 g/mol. The van der Waals surface area contributed by atoms with Crippen molar-refractivity contribution in [3.8, 4) is 11.6 Å². The monoisotopic (exact) mass is 357 g/mol. The van der Waals surface area contributed by atoms with Crippen LogP contribution < -0.4 is 10.5 Å². The van der Waals surface area contributed by atoms with E-state index in [-0.39, 0.29) is 22.5 Å². The predicted octanol–water partition coefficient (Wildman–Crippen LogP) is 4.02. The summed E-state index contributed by atoms with van der Waals surface area (Å²) in [5, 5.41) is 7.54. The van der Waals surface area contributed by atoms with Crippen LogP contribution in [-0.2, 0) is 0 Å². The van der Waals surface area contributed by atoms with Gasteiger partial charge in [-0.3, -0.25) is 5.41 Å². The molecule has 7 heteroatoms. The molecule has 0 saturated heterocycles. The molecule has 0 spiro atoms. The Labute approximate surface area is 128 Å². The Balaban J connectivity index is 2.48. The highest BCUT2D eigenvalue weighted by Crippen LogP contribution is 2.34. The quantitative estimate of drug-likeness (QED) is 0.494. The molecule has 0 saturated carbocycles. The summed E-state index contributed by atoms with van der Waals surface area (Å²) >= 11 is 8.90. The first kappa shape index (κ1) is 14.7. The summed E-state index contributed by atoms with van der Waals surface area (Å²) in [5.74, 6) is -0.439. The van der Waals surface area contributed by atoms with Gasteiger partial charge in [0.2, 0.25) is 5.88 Å². The zero-order valence-corrected chi connectivity index (χ0v) is 12.7. The fraction of sp³-hybridized carbons (Fsp3) is 0.0769. The van der Waals surface area contributed by atoms with Crippen molar-refractivity contribution in [2.24, 2.45) is 5.73 Å². The molecule has 1 heterocycles. The average Bonchev–Trinajstić information content (AvgIpc) is 2.35. The minimum atomic E-state index is -0.609. The molecule has 0 aliphatic heterocycles. The number of pyridine rings is 1. The van der Waals surface area contributed by atoms with Gasteiger partial charge in [0.1, 0.15) is 17.4 Å². The average molecular weight is 359 g/mol. The van der Waals surface area contributed by atoms with Gasteiger partial charge in [0.25, 0.3) is 0 Å². The number of rotatable bonds is 3. The van der Waals surface area contributed by atoms with Gasteiger partial charge in [0, 0.05) is 12.3 Å². The molecule has 20 heavy (non-hydrogen) atoms. The number of halogens is 3. The molecule has 0 amide bonds. The van der Waals surface area contributed by atoms with Gasteiger partial charge in [0.05, 0.1) is 15.1 Å². The number of aromatic nitrogens is 1. The molecule has 0 radical (unpaired) electrons. The maximum atomic E-state index is 13.5. The van der Waals surface area contributed by atoms with Crippen LogP contribution in [0.15, 0.2) is 28.9 Å². The minimum Gasteiger partial charge on any atom is -0.437 e. The van der Waals surface area contributed by atoms with Crippen LogP contribution in [-0.4, -0.2) is 10.8 Å². The summed E-state index contributed by atoms with van der Waals surface area (Å²) in [6, 6.07) is 4.23. The molecule has 104 valence electrons. The highest BCUT2D eigenvalue weighted by molar-refractivity contribution is 9.10. The molecular formula is C13H10BrClFN3O. The Kier molecular flexibility index (Phi) is 4.25. The maximum absolute atomic E-state index is 13.5. The lowest BCUT2D eigenvalue weighted by atomic mass is 10.1. The summed E-state index contributed by atoms with van der Waals surface area (Å²) < 4.78 is 19.5. The number of nitrogens with zero attached hydrogens (tertiary/aromatic N) is 1. The number of nitrogen functional groups attached to an aromatic ring is 1. The fourth-order valence-electron chi connectivity index (χ4n) is 1.63. The summed E-state index contributed by atoms with van der Waals surface area (Å²) in [5.41, 5.74) is 6.63. The van der Waals surface area contributed by atoms with E-state index in [1.807, 2.05) is 0 Å². The van der Waals surface area contributed by atoms with Crippen LogP contribution in [0.2, 0.25) is 5.02 Å². The van der Waals surface area contributed by atoms with Crippen LogP contribution in [0.25, 0.3) is 0 Å². The van der Waals surface area contributed by atoms with Gasteiger partial charge in [-0.05, 0) is 40.5 Å². The van der Waals surface area contributed by atoms with Gasteiger partial charge >= 0.3 is 0 Å². The number of amidine groups is 1. The molecule has 4 nitrogen and oxygen atoms in total. The van der Waals surface area contributed by atoms with E-state index in [4.69, 9.17) is 27.5 Å². The van der Waals surface area contributed by atoms with Gasteiger partial charge in [-0.25, -0.2) is 9.37 Å². The third kappa shape index (κ3) is 2.91. The van der Waals surface area contributed by atoms with Crippen molar-refractivity contribution in [2.45, 2.75) is 6.92 Å². The number of nitrogens with one attached hydrogen (secondary N) is 1. The topological polar surface area (TPSA) is 72.0 Å². The maximum Gasteiger partial charge on any atom is 0.230 e. The predicted molar refractivity (Wildman–Crippen MR) is 79.2 cm³/mol. The Morgan fingerprint density at radius 1 is 1.50 bits per heavy atom. The number of nitrogens with two attached hydrogens (primary N) is 1. The van der Waals surface area contributed by atoms with E-state index < -0.39 is 5.82 Å². The first-order valence-corrected chi connectivity index (χ1v) is 6.69. The van der Waals surface area contributed by atoms with Crippen LogP contribution in [0.1, 0.15) is 11.1 Å². The van der Waals surface area contributed by atoms with Crippen molar-refractivity contribution in [2.75, 3.05) is 0 Å². The first-order valence-electron chi connectivity index (χ1n) is 5.52. The molecule has 1 aromatic heterocycles. The molecule has 0 aliphatic carbocycles. The zero-order chi connectivity index (χ0) is 14.9. The second-order valence-electron chi connectivity index (χ2n) is 4.02. The van der Waals surface area contributed by atoms with Crippen molar-refractivity contribution in [1.29, 1.82) is 5.41 Å². The number of benzene rings is 1. The van der Waals surface area contributed by atoms with Gasteiger partial charge < -0.3 is 10.5 Å². The second kappa shape index (κ2) is 5.76. The van der Waals surface area contributed by atoms with E-state index in [0.29, 0.717) is 10.0 Å². The van der Waals surface area contributed by atoms with Gasteiger partial charge in [-0.15, -0.1) is 0 Å². The summed E-state index contributed by atoms with van der Waals surface area (Å²) in [6.07, 6.45) is 1.53. The van der Waals surface area contributed by atoms with Crippen molar-refractivity contribution < 1.29 is 9.13 Å². The van der Waals surface area contributed by atoms with Crippen molar-refractivity contribution in [3.63, 3.8) is 0 Å². The molecule has 2 rings (SSSR count). The minimum absolute atomic E-state index is 0.0202. The van der Waals surface area contributed by atoms with E-state index in [1.54, 1.807) is 13.0 Å². The molecule has 0 bridgehead atoms. The fourth-order valence-corrected chi connectivity index (χ4v) is 2.34. The Morgan fingerprint density at radius 2 is 2.20 bits per heavy atom. The van der Waals surface area contributed by atoms with E-state index >= 15 is 0 Å². The van der Waals surface area contributed by atoms with Crippen LogP contribution in [0.5, 0.6) is 11.6 Å². The highest BCUT2D eigenvalue weighted by atomic mass is 79.9. The van der Waals surface area contributed by atoms with Crippen LogP contribution in [0.3, 0.4) is 0 Å². The van der Waals surface area contributed by atoms with E-state index in [1.165, 1.54) is 12.3 Å². The van der Waals surface area contributed by atoms with E-state index in [9.17, 15) is 4.39 Å². The Bertz CT molecular complexity index is 694. The van der Waals surface area contributed by atoms with Gasteiger partial charge in [0.15, 0.2) is 0 Å². The lowest BCUT2D eigenvalue weighted by Gasteiger charge is -2.12. The molecule has 0 fully saturated rings. The van der Waals surface area contributed by atoms with E-state index in [0.717, 1.165) is 11.6 Å². The summed E-state index contributed by atoms with van der Waals surface area (Å²) in [6.45, 7) is 1.78. The molecule has 0 atom stereocenters. The summed E-state index contributed by atoms with van der Waals surface area (Å²) in [7, 11) is 0. The van der Waals surface area contributed by atoms with Crippen molar-refractivity contribution >= 4 is 33.4 Å². The SMILES string of the molecule is Cc1ccnc(Oc2cc(F)c(Cl)cc2Br)c1C(=N)N. The number of aryl methyl sites for hydroxylation is 1. The highest BCUT2D eigenvalue weighted by Gasteiger charge is 2.15. The third-order valence-electron chi connectivity index (χ3n) is 2.58. The Hall–Kier alpha value is -1.66. The van der Waals surface area contributed by atoms with Crippen LogP contribution in [0.4, 0.5) is 4.39 Å². The number of hydrogen-bond acceptors (Lipinski definition) is 3. The normalized spacial score (nSPS) is 10.4. The smallest absolute Gasteiger partial charge is 0.230 e. The standard InChI is InChI=1S/C13H10BrClFN3O/c1-6-2-3-19-13(11(6)12(17)18)20-10-5-9(16)8(15)4-7(10)14/h2-5H,1H3,(H3,17,18). The zero-order valence-electron chi connectivity index (χ0n) is 10.4.